The molecule has 1 aromatic heterocycles. The van der Waals surface area contributed by atoms with Gasteiger partial charge in [-0.25, -0.2) is 0 Å². The zero-order valence-corrected chi connectivity index (χ0v) is 12.1. The van der Waals surface area contributed by atoms with Crippen molar-refractivity contribution in [2.45, 2.75) is 19.4 Å². The van der Waals surface area contributed by atoms with Crippen LogP contribution in [0.4, 0.5) is 0 Å². The minimum absolute atomic E-state index is 0.584. The Balaban J connectivity index is 1.81. The van der Waals surface area contributed by atoms with Crippen LogP contribution in [-0.4, -0.2) is 42.2 Å². The second kappa shape index (κ2) is 4.99. The molecule has 0 spiro atoms. The van der Waals surface area contributed by atoms with Gasteiger partial charge >= 0.3 is 0 Å². The average molecular weight is 257 g/mol. The topological polar surface area (TPSA) is 20.2 Å². The molecule has 1 atom stereocenters. The zero-order valence-electron chi connectivity index (χ0n) is 12.1. The van der Waals surface area contributed by atoms with E-state index in [1.54, 1.807) is 0 Å². The largest absolute Gasteiger partial charge is 0.348 e. The molecule has 0 aliphatic carbocycles. The summed E-state index contributed by atoms with van der Waals surface area (Å²) in [5.41, 5.74) is 4.09. The van der Waals surface area contributed by atoms with Crippen LogP contribution in [0.15, 0.2) is 24.3 Å². The van der Waals surface area contributed by atoms with Crippen molar-refractivity contribution in [3.63, 3.8) is 0 Å². The van der Waals surface area contributed by atoms with Crippen molar-refractivity contribution in [2.75, 3.05) is 26.7 Å². The Bertz CT molecular complexity index is 585. The molecule has 0 radical (unpaired) electrons. The highest BCUT2D eigenvalue weighted by atomic mass is 15.2. The fourth-order valence-corrected chi connectivity index (χ4v) is 3.08. The number of piperazine rings is 1. The number of nitrogens with zero attached hydrogens (tertiary/aromatic N) is 2. The molecule has 1 N–H and O–H groups in total. The summed E-state index contributed by atoms with van der Waals surface area (Å²) in [4.78, 5) is 2.41. The van der Waals surface area contributed by atoms with Gasteiger partial charge in [0, 0.05) is 49.3 Å². The summed E-state index contributed by atoms with van der Waals surface area (Å²) in [6, 6.07) is 9.74. The summed E-state index contributed by atoms with van der Waals surface area (Å²) >= 11 is 0. The third-order valence-electron chi connectivity index (χ3n) is 4.29. The fraction of sp³-hybridized carbons (Fsp3) is 0.500. The van der Waals surface area contributed by atoms with Crippen molar-refractivity contribution in [2.24, 2.45) is 7.05 Å². The van der Waals surface area contributed by atoms with Gasteiger partial charge in [-0.05, 0) is 44.2 Å². The van der Waals surface area contributed by atoms with Gasteiger partial charge in [0.2, 0.25) is 0 Å². The number of aryl methyl sites for hydroxylation is 2. The summed E-state index contributed by atoms with van der Waals surface area (Å²) in [6.07, 6.45) is 1.12. The summed E-state index contributed by atoms with van der Waals surface area (Å²) in [7, 11) is 4.34. The monoisotopic (exact) mass is 257 g/mol. The molecule has 3 heteroatoms. The lowest BCUT2D eigenvalue weighted by atomic mass is 10.0. The number of aromatic nitrogens is 1. The molecule has 2 heterocycles. The Labute approximate surface area is 115 Å². The summed E-state index contributed by atoms with van der Waals surface area (Å²) in [6.45, 7) is 5.57. The van der Waals surface area contributed by atoms with E-state index in [-0.39, 0.29) is 0 Å². The Morgan fingerprint density at radius 1 is 1.26 bits per heavy atom. The standard InChI is InChI=1S/C16H23N3/c1-12-8-14-9-13(4-5-16(14)19(12)3)10-15-11-18(2)7-6-17-15/h4-5,8-9,15,17H,6-7,10-11H2,1-3H3. The Morgan fingerprint density at radius 2 is 2.11 bits per heavy atom. The van der Waals surface area contributed by atoms with Gasteiger partial charge in [-0.2, -0.15) is 0 Å². The second-order valence-electron chi connectivity index (χ2n) is 5.86. The summed E-state index contributed by atoms with van der Waals surface area (Å²) in [5, 5.41) is 4.98. The molecule has 0 bridgehead atoms. The molecule has 0 saturated carbocycles. The number of fused-ring (bicyclic) bond motifs is 1. The molecule has 19 heavy (non-hydrogen) atoms. The van der Waals surface area contributed by atoms with Crippen LogP contribution in [0, 0.1) is 6.92 Å². The van der Waals surface area contributed by atoms with E-state index in [1.165, 1.54) is 22.2 Å². The maximum Gasteiger partial charge on any atom is 0.0479 e. The van der Waals surface area contributed by atoms with Gasteiger partial charge in [-0.1, -0.05) is 6.07 Å². The van der Waals surface area contributed by atoms with Crippen molar-refractivity contribution in [1.29, 1.82) is 0 Å². The van der Waals surface area contributed by atoms with Gasteiger partial charge in [-0.15, -0.1) is 0 Å². The number of nitrogens with one attached hydrogen (secondary N) is 1. The van der Waals surface area contributed by atoms with Crippen molar-refractivity contribution in [3.8, 4) is 0 Å². The number of hydrogen-bond donors (Lipinski definition) is 1. The predicted molar refractivity (Wildman–Crippen MR) is 80.6 cm³/mol. The first-order valence-corrected chi connectivity index (χ1v) is 7.10. The highest BCUT2D eigenvalue weighted by Gasteiger charge is 2.16. The highest BCUT2D eigenvalue weighted by molar-refractivity contribution is 5.82. The lowest BCUT2D eigenvalue weighted by molar-refractivity contribution is 0.238. The minimum Gasteiger partial charge on any atom is -0.348 e. The number of benzene rings is 1. The van der Waals surface area contributed by atoms with E-state index in [9.17, 15) is 0 Å². The van der Waals surface area contributed by atoms with Crippen LogP contribution in [0.5, 0.6) is 0 Å². The molecule has 0 amide bonds. The molecule has 1 unspecified atom stereocenters. The van der Waals surface area contributed by atoms with Gasteiger partial charge in [0.25, 0.3) is 0 Å². The van der Waals surface area contributed by atoms with Crippen LogP contribution >= 0.6 is 0 Å². The van der Waals surface area contributed by atoms with E-state index in [0.717, 1.165) is 26.1 Å². The molecule has 2 aromatic rings. The van der Waals surface area contributed by atoms with Crippen LogP contribution in [-0.2, 0) is 13.5 Å². The van der Waals surface area contributed by atoms with Gasteiger partial charge < -0.3 is 14.8 Å². The first-order valence-electron chi connectivity index (χ1n) is 7.10. The molecule has 1 aliphatic rings. The van der Waals surface area contributed by atoms with Crippen LogP contribution in [0.25, 0.3) is 10.9 Å². The van der Waals surface area contributed by atoms with Crippen LogP contribution in [0.1, 0.15) is 11.3 Å². The third-order valence-corrected chi connectivity index (χ3v) is 4.29. The lowest BCUT2D eigenvalue weighted by Crippen LogP contribution is -2.49. The van der Waals surface area contributed by atoms with Crippen LogP contribution in [0.3, 0.4) is 0 Å². The summed E-state index contributed by atoms with van der Waals surface area (Å²) in [5.74, 6) is 0. The lowest BCUT2D eigenvalue weighted by Gasteiger charge is -2.31. The molecular weight excluding hydrogens is 234 g/mol. The molecule has 102 valence electrons. The normalized spacial score (nSPS) is 21.1. The van der Waals surface area contributed by atoms with Crippen molar-refractivity contribution in [3.05, 3.63) is 35.5 Å². The van der Waals surface area contributed by atoms with Crippen molar-refractivity contribution < 1.29 is 0 Å². The third kappa shape index (κ3) is 2.53. The van der Waals surface area contributed by atoms with E-state index in [1.807, 2.05) is 0 Å². The first kappa shape index (κ1) is 12.7. The highest BCUT2D eigenvalue weighted by Crippen LogP contribution is 2.20. The Hall–Kier alpha value is -1.32. The smallest absolute Gasteiger partial charge is 0.0479 e. The maximum absolute atomic E-state index is 3.62. The van der Waals surface area contributed by atoms with Crippen LogP contribution < -0.4 is 5.32 Å². The number of likely N-dealkylation sites (N-methyl/N-ethyl adjacent to an activating group) is 1. The van der Waals surface area contributed by atoms with E-state index in [0.29, 0.717) is 6.04 Å². The first-order chi connectivity index (χ1) is 9.13. The Kier molecular flexibility index (Phi) is 3.33. The molecular formula is C16H23N3. The molecule has 3 rings (SSSR count). The van der Waals surface area contributed by atoms with Crippen LogP contribution in [0.2, 0.25) is 0 Å². The molecule has 1 aromatic carbocycles. The second-order valence-corrected chi connectivity index (χ2v) is 5.86. The predicted octanol–water partition coefficient (Wildman–Crippen LogP) is 1.93. The van der Waals surface area contributed by atoms with E-state index in [2.05, 4.69) is 60.1 Å². The van der Waals surface area contributed by atoms with Gasteiger partial charge in [-0.3, -0.25) is 0 Å². The van der Waals surface area contributed by atoms with Crippen molar-refractivity contribution >= 4 is 10.9 Å². The van der Waals surface area contributed by atoms with Crippen molar-refractivity contribution in [1.82, 2.24) is 14.8 Å². The summed E-state index contributed by atoms with van der Waals surface area (Å²) < 4.78 is 2.26. The van der Waals surface area contributed by atoms with E-state index >= 15 is 0 Å². The van der Waals surface area contributed by atoms with E-state index < -0.39 is 0 Å². The molecule has 1 aliphatic heterocycles. The van der Waals surface area contributed by atoms with Gasteiger partial charge in [0.1, 0.15) is 0 Å². The molecule has 1 saturated heterocycles. The SMILES string of the molecule is Cc1cc2cc(CC3CN(C)CCN3)ccc2n1C. The minimum atomic E-state index is 0.584. The molecule has 3 nitrogen and oxygen atoms in total. The molecule has 1 fully saturated rings. The average Bonchev–Trinajstić information content (AvgIpc) is 2.65. The number of hydrogen-bond acceptors (Lipinski definition) is 2. The van der Waals surface area contributed by atoms with Gasteiger partial charge in [0.15, 0.2) is 0 Å². The van der Waals surface area contributed by atoms with Gasteiger partial charge in [0.05, 0.1) is 0 Å². The quantitative estimate of drug-likeness (QED) is 0.887. The Morgan fingerprint density at radius 3 is 2.89 bits per heavy atom. The number of rotatable bonds is 2. The maximum atomic E-state index is 3.62. The zero-order chi connectivity index (χ0) is 13.4. The van der Waals surface area contributed by atoms with E-state index in [4.69, 9.17) is 0 Å². The fourth-order valence-electron chi connectivity index (χ4n) is 3.08.